The number of halogens is 1. The van der Waals surface area contributed by atoms with Gasteiger partial charge in [0.1, 0.15) is 23.6 Å². The number of ether oxygens (including phenoxy) is 2. The number of nitrogens with two attached hydrogens (primary N) is 1. The van der Waals surface area contributed by atoms with Crippen molar-refractivity contribution < 1.29 is 23.5 Å². The van der Waals surface area contributed by atoms with E-state index in [1.807, 2.05) is 11.5 Å². The highest BCUT2D eigenvalue weighted by Gasteiger charge is 2.21. The van der Waals surface area contributed by atoms with Gasteiger partial charge >= 0.3 is 0 Å². The molecule has 3 aromatic rings. The van der Waals surface area contributed by atoms with Crippen LogP contribution in [0.15, 0.2) is 18.2 Å². The summed E-state index contributed by atoms with van der Waals surface area (Å²) in [5, 5.41) is 6.97. The molecule has 2 heterocycles. The van der Waals surface area contributed by atoms with Gasteiger partial charge in [-0.3, -0.25) is 19.6 Å². The molecule has 0 unspecified atom stereocenters. The first kappa shape index (κ1) is 24.2. The van der Waals surface area contributed by atoms with Crippen molar-refractivity contribution in [1.29, 1.82) is 0 Å². The average Bonchev–Trinajstić information content (AvgIpc) is 3.31. The third-order valence-corrected chi connectivity index (χ3v) is 4.95. The fraction of sp³-hybridized carbons (Fsp3) is 0.455. The number of aromatic nitrogens is 4. The van der Waals surface area contributed by atoms with Crippen LogP contribution in [-0.2, 0) is 17.8 Å². The average molecular weight is 461 g/mol. The second-order valence-electron chi connectivity index (χ2n) is 7.53. The Hall–Kier alpha value is -3.47. The lowest BCUT2D eigenvalue weighted by Gasteiger charge is -2.13. The SMILES string of the molecule is CCCn1c(NC(=O)c2cc(C)nn2CCF)nc2cc(C(N)=O)cc(OCCCOC)c21. The Morgan fingerprint density at radius 3 is 2.67 bits per heavy atom. The van der Waals surface area contributed by atoms with Crippen molar-refractivity contribution in [3.05, 3.63) is 35.2 Å². The molecule has 0 bridgehead atoms. The van der Waals surface area contributed by atoms with Crippen LogP contribution in [0.4, 0.5) is 10.3 Å². The van der Waals surface area contributed by atoms with Crippen molar-refractivity contribution >= 4 is 28.8 Å². The number of alkyl halides is 1. The molecule has 0 aliphatic carbocycles. The van der Waals surface area contributed by atoms with E-state index >= 15 is 0 Å². The van der Waals surface area contributed by atoms with E-state index in [9.17, 15) is 14.0 Å². The van der Waals surface area contributed by atoms with Gasteiger partial charge in [-0.15, -0.1) is 0 Å². The topological polar surface area (TPSA) is 126 Å². The summed E-state index contributed by atoms with van der Waals surface area (Å²) in [4.78, 5) is 29.4. The van der Waals surface area contributed by atoms with Crippen LogP contribution in [0.1, 0.15) is 46.3 Å². The molecule has 0 spiro atoms. The molecule has 11 heteroatoms. The normalized spacial score (nSPS) is 11.2. The molecule has 0 radical (unpaired) electrons. The molecule has 10 nitrogen and oxygen atoms in total. The summed E-state index contributed by atoms with van der Waals surface area (Å²) in [5.74, 6) is -0.350. The Balaban J connectivity index is 2.03. The van der Waals surface area contributed by atoms with Gasteiger partial charge in [-0.05, 0) is 31.5 Å². The third kappa shape index (κ3) is 5.48. The first-order valence-electron chi connectivity index (χ1n) is 10.8. The van der Waals surface area contributed by atoms with E-state index in [2.05, 4.69) is 15.4 Å². The first-order chi connectivity index (χ1) is 15.9. The number of nitrogens with zero attached hydrogens (tertiary/aromatic N) is 4. The molecular formula is C22H29FN6O4. The molecule has 0 fully saturated rings. The van der Waals surface area contributed by atoms with Crippen molar-refractivity contribution in [2.45, 2.75) is 39.8 Å². The Labute approximate surface area is 190 Å². The number of aryl methyl sites for hydroxylation is 3. The maximum atomic E-state index is 13.0. The van der Waals surface area contributed by atoms with Gasteiger partial charge < -0.3 is 19.8 Å². The second-order valence-corrected chi connectivity index (χ2v) is 7.53. The minimum Gasteiger partial charge on any atom is -0.491 e. The summed E-state index contributed by atoms with van der Waals surface area (Å²) in [6.45, 7) is 4.49. The van der Waals surface area contributed by atoms with Crippen LogP contribution in [0.25, 0.3) is 11.0 Å². The van der Waals surface area contributed by atoms with Crippen LogP contribution in [0, 0.1) is 6.92 Å². The minimum absolute atomic E-state index is 0.0244. The lowest BCUT2D eigenvalue weighted by Crippen LogP contribution is -2.20. The quantitative estimate of drug-likeness (QED) is 0.400. The summed E-state index contributed by atoms with van der Waals surface area (Å²) in [6.07, 6.45) is 1.41. The van der Waals surface area contributed by atoms with E-state index in [0.29, 0.717) is 48.7 Å². The van der Waals surface area contributed by atoms with Crippen molar-refractivity contribution in [2.24, 2.45) is 5.73 Å². The molecule has 2 aromatic heterocycles. The van der Waals surface area contributed by atoms with Gasteiger partial charge in [-0.1, -0.05) is 6.92 Å². The molecule has 3 rings (SSSR count). The van der Waals surface area contributed by atoms with Crippen molar-refractivity contribution in [3.8, 4) is 5.75 Å². The van der Waals surface area contributed by atoms with E-state index in [4.69, 9.17) is 15.2 Å². The van der Waals surface area contributed by atoms with Crippen molar-refractivity contribution in [3.63, 3.8) is 0 Å². The highest BCUT2D eigenvalue weighted by Crippen LogP contribution is 2.31. The fourth-order valence-electron chi connectivity index (χ4n) is 3.55. The summed E-state index contributed by atoms with van der Waals surface area (Å²) in [6, 6.07) is 4.74. The number of hydrogen-bond donors (Lipinski definition) is 2. The fourth-order valence-corrected chi connectivity index (χ4v) is 3.55. The summed E-state index contributed by atoms with van der Waals surface area (Å²) < 4.78 is 27.0. The molecular weight excluding hydrogens is 431 g/mol. The third-order valence-electron chi connectivity index (χ3n) is 4.95. The van der Waals surface area contributed by atoms with Crippen LogP contribution in [0.2, 0.25) is 0 Å². The zero-order valence-electron chi connectivity index (χ0n) is 19.1. The number of methoxy groups -OCH3 is 1. The van der Waals surface area contributed by atoms with Crippen LogP contribution >= 0.6 is 0 Å². The number of imidazole rings is 1. The number of anilines is 1. The van der Waals surface area contributed by atoms with E-state index in [1.165, 1.54) is 4.68 Å². The number of carbonyl (C=O) groups excluding carboxylic acids is 2. The van der Waals surface area contributed by atoms with Gasteiger partial charge in [0.05, 0.1) is 24.4 Å². The predicted molar refractivity (Wildman–Crippen MR) is 121 cm³/mol. The standard InChI is InChI=1S/C22H29FN6O4/c1-4-7-28-19-16(12-15(20(24)30)13-18(19)33-10-5-9-32-3)25-22(28)26-21(31)17-11-14(2)27-29(17)8-6-23/h11-13H,4-10H2,1-3H3,(H2,24,30)(H,25,26,31). The lowest BCUT2D eigenvalue weighted by atomic mass is 10.1. The number of hydrogen-bond acceptors (Lipinski definition) is 6. The van der Waals surface area contributed by atoms with E-state index in [-0.39, 0.29) is 23.8 Å². The molecule has 178 valence electrons. The molecule has 33 heavy (non-hydrogen) atoms. The maximum absolute atomic E-state index is 13.0. The first-order valence-corrected chi connectivity index (χ1v) is 10.8. The zero-order chi connectivity index (χ0) is 24.0. The Kier molecular flexibility index (Phi) is 7.99. The van der Waals surface area contributed by atoms with Gasteiger partial charge in [0.25, 0.3) is 5.91 Å². The number of carbonyl (C=O) groups is 2. The number of nitrogens with one attached hydrogen (secondary N) is 1. The van der Waals surface area contributed by atoms with Crippen LogP contribution < -0.4 is 15.8 Å². The van der Waals surface area contributed by atoms with Gasteiger partial charge in [-0.2, -0.15) is 5.10 Å². The highest BCUT2D eigenvalue weighted by atomic mass is 19.1. The van der Waals surface area contributed by atoms with Gasteiger partial charge in [-0.25, -0.2) is 9.37 Å². The Morgan fingerprint density at radius 1 is 1.21 bits per heavy atom. The predicted octanol–water partition coefficient (Wildman–Crippen LogP) is 2.69. The highest BCUT2D eigenvalue weighted by molar-refractivity contribution is 6.04. The molecule has 0 aliphatic rings. The molecule has 1 aromatic carbocycles. The number of amides is 2. The van der Waals surface area contributed by atoms with Gasteiger partial charge in [0.15, 0.2) is 0 Å². The van der Waals surface area contributed by atoms with E-state index < -0.39 is 18.5 Å². The Morgan fingerprint density at radius 2 is 2.00 bits per heavy atom. The molecule has 0 saturated heterocycles. The monoisotopic (exact) mass is 460 g/mol. The molecule has 0 saturated carbocycles. The molecule has 0 atom stereocenters. The maximum Gasteiger partial charge on any atom is 0.276 e. The van der Waals surface area contributed by atoms with Crippen molar-refractivity contribution in [1.82, 2.24) is 19.3 Å². The Bertz CT molecular complexity index is 1140. The van der Waals surface area contributed by atoms with Gasteiger partial charge in [0.2, 0.25) is 11.9 Å². The second kappa shape index (κ2) is 10.9. The minimum atomic E-state index is -0.643. The van der Waals surface area contributed by atoms with Crippen LogP contribution in [0.3, 0.4) is 0 Å². The number of primary amides is 1. The van der Waals surface area contributed by atoms with Crippen LogP contribution in [-0.4, -0.2) is 58.1 Å². The molecule has 0 aliphatic heterocycles. The smallest absolute Gasteiger partial charge is 0.276 e. The summed E-state index contributed by atoms with van der Waals surface area (Å²) >= 11 is 0. The zero-order valence-corrected chi connectivity index (χ0v) is 19.1. The number of fused-ring (bicyclic) bond motifs is 1. The molecule has 3 N–H and O–H groups in total. The van der Waals surface area contributed by atoms with E-state index in [1.54, 1.807) is 32.2 Å². The van der Waals surface area contributed by atoms with E-state index in [0.717, 1.165) is 6.42 Å². The van der Waals surface area contributed by atoms with Crippen LogP contribution in [0.5, 0.6) is 5.75 Å². The largest absolute Gasteiger partial charge is 0.491 e. The summed E-state index contributed by atoms with van der Waals surface area (Å²) in [7, 11) is 1.61. The van der Waals surface area contributed by atoms with Gasteiger partial charge in [0, 0.05) is 32.2 Å². The summed E-state index contributed by atoms with van der Waals surface area (Å²) in [5.41, 5.74) is 7.69. The van der Waals surface area contributed by atoms with Crippen molar-refractivity contribution in [2.75, 3.05) is 32.3 Å². The lowest BCUT2D eigenvalue weighted by molar-refractivity contribution is 0.0995. The number of benzene rings is 1. The number of rotatable bonds is 12. The molecule has 2 amide bonds.